The molecule has 2 aromatic heterocycles. The van der Waals surface area contributed by atoms with Crippen molar-refractivity contribution in [3.63, 3.8) is 0 Å². The summed E-state index contributed by atoms with van der Waals surface area (Å²) in [5, 5.41) is 4.31. The van der Waals surface area contributed by atoms with E-state index in [-0.39, 0.29) is 18.1 Å². The number of para-hydroxylation sites is 1. The van der Waals surface area contributed by atoms with Crippen molar-refractivity contribution in [2.75, 3.05) is 46.5 Å². The molecule has 2 atom stereocenters. The number of rotatable bonds is 8. The summed E-state index contributed by atoms with van der Waals surface area (Å²) in [7, 11) is 1.41. The molecule has 1 N–H and O–H groups in total. The Morgan fingerprint density at radius 2 is 1.89 bits per heavy atom. The number of nitrogens with zero attached hydrogens (tertiary/aromatic N) is 4. The molecule has 2 aliphatic heterocycles. The van der Waals surface area contributed by atoms with Gasteiger partial charge in [0.1, 0.15) is 0 Å². The Hall–Kier alpha value is -3.27. The second-order valence-electron chi connectivity index (χ2n) is 9.80. The van der Waals surface area contributed by atoms with Crippen molar-refractivity contribution < 1.29 is 14.3 Å². The smallest absolute Gasteiger partial charge is 0.339 e. The molecule has 0 saturated carbocycles. The summed E-state index contributed by atoms with van der Waals surface area (Å²) < 4.78 is 12.7. The molecular formula is C29H35N5O3S. The summed E-state index contributed by atoms with van der Waals surface area (Å²) in [4.78, 5) is 22.0. The molecule has 0 bridgehead atoms. The van der Waals surface area contributed by atoms with Crippen LogP contribution in [0.5, 0.6) is 0 Å². The third kappa shape index (κ3) is 5.18. The van der Waals surface area contributed by atoms with E-state index in [1.807, 2.05) is 36.5 Å². The summed E-state index contributed by atoms with van der Waals surface area (Å²) in [5.41, 5.74) is 5.57. The van der Waals surface area contributed by atoms with Crippen LogP contribution in [-0.4, -0.2) is 76.9 Å². The van der Waals surface area contributed by atoms with E-state index in [2.05, 4.69) is 50.6 Å². The number of aryl methyl sites for hydroxylation is 1. The van der Waals surface area contributed by atoms with Crippen molar-refractivity contribution in [1.82, 2.24) is 24.7 Å². The molecule has 0 amide bonds. The van der Waals surface area contributed by atoms with Crippen molar-refractivity contribution in [2.24, 2.45) is 0 Å². The molecule has 0 aliphatic carbocycles. The number of pyridine rings is 1. The molecule has 1 aromatic carbocycles. The van der Waals surface area contributed by atoms with Gasteiger partial charge in [-0.15, -0.1) is 0 Å². The fourth-order valence-electron chi connectivity index (χ4n) is 5.68. The van der Waals surface area contributed by atoms with Gasteiger partial charge < -0.3 is 24.3 Å². The first-order chi connectivity index (χ1) is 18.5. The summed E-state index contributed by atoms with van der Waals surface area (Å²) in [6.45, 7) is 9.57. The van der Waals surface area contributed by atoms with Gasteiger partial charge in [0.25, 0.3) is 0 Å². The maximum absolute atomic E-state index is 12.6. The minimum absolute atomic E-state index is 0.0349. The van der Waals surface area contributed by atoms with Gasteiger partial charge >= 0.3 is 5.97 Å². The van der Waals surface area contributed by atoms with Crippen LogP contribution in [0.1, 0.15) is 51.5 Å². The van der Waals surface area contributed by atoms with E-state index in [1.54, 1.807) is 6.07 Å². The molecule has 0 unspecified atom stereocenters. The molecule has 2 saturated heterocycles. The molecule has 2 fully saturated rings. The molecule has 8 nitrogen and oxygen atoms in total. The average molecular weight is 534 g/mol. The Balaban J connectivity index is 1.51. The zero-order chi connectivity index (χ0) is 26.6. The molecule has 0 spiro atoms. The molecule has 0 radical (unpaired) electrons. The van der Waals surface area contributed by atoms with E-state index in [9.17, 15) is 4.79 Å². The topological polar surface area (TPSA) is 71.9 Å². The van der Waals surface area contributed by atoms with Crippen molar-refractivity contribution in [2.45, 2.75) is 32.4 Å². The molecule has 3 aromatic rings. The van der Waals surface area contributed by atoms with Crippen LogP contribution in [0.3, 0.4) is 0 Å². The van der Waals surface area contributed by atoms with E-state index in [1.165, 1.54) is 7.11 Å². The summed E-state index contributed by atoms with van der Waals surface area (Å²) >= 11 is 5.90. The predicted molar refractivity (Wildman–Crippen MR) is 151 cm³/mol. The van der Waals surface area contributed by atoms with E-state index >= 15 is 0 Å². The number of carbonyl (C=O) groups excluding carboxylic acids is 1. The molecule has 38 heavy (non-hydrogen) atoms. The monoisotopic (exact) mass is 533 g/mol. The minimum Gasteiger partial charge on any atom is -0.465 e. The number of hydrogen-bond acceptors (Lipinski definition) is 6. The van der Waals surface area contributed by atoms with Gasteiger partial charge in [-0.1, -0.05) is 18.2 Å². The van der Waals surface area contributed by atoms with Crippen molar-refractivity contribution in [1.29, 1.82) is 0 Å². The van der Waals surface area contributed by atoms with E-state index in [0.29, 0.717) is 5.56 Å². The Labute approximate surface area is 229 Å². The van der Waals surface area contributed by atoms with Crippen molar-refractivity contribution in [3.8, 4) is 5.69 Å². The zero-order valence-corrected chi connectivity index (χ0v) is 23.0. The Bertz CT molecular complexity index is 1290. The van der Waals surface area contributed by atoms with Crippen LogP contribution in [0, 0.1) is 13.8 Å². The van der Waals surface area contributed by atoms with E-state index < -0.39 is 0 Å². The van der Waals surface area contributed by atoms with Crippen LogP contribution < -0.4 is 5.32 Å². The number of benzene rings is 1. The molecule has 9 heteroatoms. The summed E-state index contributed by atoms with van der Waals surface area (Å²) in [6.07, 6.45) is 2.82. The highest BCUT2D eigenvalue weighted by molar-refractivity contribution is 7.80. The SMILES string of the molecule is COC(=O)c1ccccc1-n1c(C)cc([C@@H]2[C@H](c3ccccn3)NC(=S)N2CCCN2CCOCC2)c1C. The van der Waals surface area contributed by atoms with Gasteiger partial charge in [0, 0.05) is 43.8 Å². The first-order valence-corrected chi connectivity index (χ1v) is 13.5. The first kappa shape index (κ1) is 26.3. The molecule has 200 valence electrons. The molecular weight excluding hydrogens is 498 g/mol. The van der Waals surface area contributed by atoms with Crippen LogP contribution in [0.15, 0.2) is 54.7 Å². The molecule has 4 heterocycles. The standard InChI is InChI=1S/C29H35N5O3S/c1-20-19-23(21(2)34(20)25-11-5-4-9-22(25)28(35)36-3)27-26(24-10-6-7-12-30-24)31-29(38)33(27)14-8-13-32-15-17-37-18-16-32/h4-7,9-12,19,26-27H,8,13-18H2,1-3H3,(H,31,38)/t26-,27+/m0/s1. The number of thiocarbonyl (C=S) groups is 1. The quantitative estimate of drug-likeness (QED) is 0.345. The number of hydrogen-bond donors (Lipinski definition) is 1. The van der Waals surface area contributed by atoms with Crippen LogP contribution in [0.2, 0.25) is 0 Å². The maximum atomic E-state index is 12.6. The predicted octanol–water partition coefficient (Wildman–Crippen LogP) is 3.97. The Morgan fingerprint density at radius 3 is 2.63 bits per heavy atom. The first-order valence-electron chi connectivity index (χ1n) is 13.1. The van der Waals surface area contributed by atoms with Crippen LogP contribution in [-0.2, 0) is 9.47 Å². The van der Waals surface area contributed by atoms with Gasteiger partial charge in [-0.2, -0.15) is 0 Å². The lowest BCUT2D eigenvalue weighted by atomic mass is 9.96. The van der Waals surface area contributed by atoms with Crippen LogP contribution in [0.4, 0.5) is 0 Å². The van der Waals surface area contributed by atoms with Gasteiger partial charge in [0.2, 0.25) is 0 Å². The number of aromatic nitrogens is 2. The highest BCUT2D eigenvalue weighted by Gasteiger charge is 2.41. The third-order valence-electron chi connectivity index (χ3n) is 7.51. The average Bonchev–Trinajstić information content (AvgIpc) is 3.43. The van der Waals surface area contributed by atoms with Crippen LogP contribution in [0.25, 0.3) is 5.69 Å². The van der Waals surface area contributed by atoms with E-state index in [4.69, 9.17) is 21.7 Å². The van der Waals surface area contributed by atoms with Gasteiger partial charge in [-0.05, 0) is 68.4 Å². The number of carbonyl (C=O) groups is 1. The number of methoxy groups -OCH3 is 1. The second kappa shape index (κ2) is 11.6. The third-order valence-corrected chi connectivity index (χ3v) is 7.87. The molecule has 5 rings (SSSR count). The fourth-order valence-corrected chi connectivity index (χ4v) is 6.02. The van der Waals surface area contributed by atoms with E-state index in [0.717, 1.165) is 79.3 Å². The normalized spacial score (nSPS) is 20.0. The van der Waals surface area contributed by atoms with Gasteiger partial charge in [0.15, 0.2) is 5.11 Å². The van der Waals surface area contributed by atoms with Crippen LogP contribution >= 0.6 is 12.2 Å². The summed E-state index contributed by atoms with van der Waals surface area (Å²) in [5.74, 6) is -0.352. The van der Waals surface area contributed by atoms with Crippen molar-refractivity contribution >= 4 is 23.3 Å². The van der Waals surface area contributed by atoms with Crippen molar-refractivity contribution in [3.05, 3.63) is 82.9 Å². The number of morpholine rings is 1. The zero-order valence-electron chi connectivity index (χ0n) is 22.2. The lowest BCUT2D eigenvalue weighted by Gasteiger charge is -2.30. The van der Waals surface area contributed by atoms with Gasteiger partial charge in [-0.3, -0.25) is 9.88 Å². The fraction of sp³-hybridized carbons (Fsp3) is 0.414. The number of nitrogens with one attached hydrogen (secondary N) is 1. The lowest BCUT2D eigenvalue weighted by Crippen LogP contribution is -2.39. The molecule has 2 aliphatic rings. The second-order valence-corrected chi connectivity index (χ2v) is 10.2. The van der Waals surface area contributed by atoms with Gasteiger partial charge in [-0.25, -0.2) is 4.79 Å². The minimum atomic E-state index is -0.352. The highest BCUT2D eigenvalue weighted by atomic mass is 32.1. The van der Waals surface area contributed by atoms with Gasteiger partial charge in [0.05, 0.1) is 49.4 Å². The largest absolute Gasteiger partial charge is 0.465 e. The highest BCUT2D eigenvalue weighted by Crippen LogP contribution is 2.41. The Morgan fingerprint density at radius 1 is 1.13 bits per heavy atom. The number of esters is 1. The number of ether oxygens (including phenoxy) is 2. The lowest BCUT2D eigenvalue weighted by molar-refractivity contribution is 0.0365. The Kier molecular flexibility index (Phi) is 8.06. The maximum Gasteiger partial charge on any atom is 0.339 e. The summed E-state index contributed by atoms with van der Waals surface area (Å²) in [6, 6.07) is 15.7.